The minimum atomic E-state index is -0.306. The number of aromatic amines is 1. The van der Waals surface area contributed by atoms with E-state index in [-0.39, 0.29) is 17.1 Å². The molecule has 106 valence electrons. The van der Waals surface area contributed by atoms with Crippen LogP contribution in [0.15, 0.2) is 18.2 Å². The van der Waals surface area contributed by atoms with Gasteiger partial charge in [-0.25, -0.2) is 4.98 Å². The summed E-state index contributed by atoms with van der Waals surface area (Å²) < 4.78 is 0. The third-order valence-corrected chi connectivity index (χ3v) is 2.77. The lowest BCUT2D eigenvalue weighted by Gasteiger charge is -2.12. The Morgan fingerprint density at radius 2 is 2.05 bits per heavy atom. The molecule has 2 N–H and O–H groups in total. The highest BCUT2D eigenvalue weighted by Crippen LogP contribution is 2.17. The highest BCUT2D eigenvalue weighted by atomic mass is 16.2. The van der Waals surface area contributed by atoms with Gasteiger partial charge in [-0.1, -0.05) is 26.8 Å². The summed E-state index contributed by atoms with van der Waals surface area (Å²) >= 11 is 0. The van der Waals surface area contributed by atoms with Crippen LogP contribution < -0.4 is 5.32 Å². The van der Waals surface area contributed by atoms with Crippen LogP contribution in [-0.2, 0) is 12.0 Å². The molecule has 6 nitrogen and oxygen atoms in total. The molecule has 0 aliphatic rings. The number of nitrogens with zero attached hydrogens (tertiary/aromatic N) is 3. The Hall–Kier alpha value is -2.24. The molecule has 0 aromatic carbocycles. The van der Waals surface area contributed by atoms with E-state index in [4.69, 9.17) is 0 Å². The van der Waals surface area contributed by atoms with Crippen LogP contribution in [-0.4, -0.2) is 26.1 Å². The highest BCUT2D eigenvalue weighted by molar-refractivity contribution is 5.90. The second-order valence-electron chi connectivity index (χ2n) is 5.71. The van der Waals surface area contributed by atoms with E-state index in [9.17, 15) is 4.79 Å². The van der Waals surface area contributed by atoms with Crippen LogP contribution in [0.3, 0.4) is 0 Å². The maximum atomic E-state index is 12.0. The second kappa shape index (κ2) is 5.40. The number of aryl methyl sites for hydroxylation is 1. The summed E-state index contributed by atoms with van der Waals surface area (Å²) in [4.78, 5) is 20.5. The maximum Gasteiger partial charge on any atom is 0.291 e. The number of carbonyl (C=O) groups is 1. The Labute approximate surface area is 118 Å². The SMILES string of the molecule is Cc1cccc(CNC(=O)c2n[nH]c(C(C)(C)C)n2)n1. The Balaban J connectivity index is 2.00. The number of pyridine rings is 1. The van der Waals surface area contributed by atoms with Crippen molar-refractivity contribution in [1.29, 1.82) is 0 Å². The van der Waals surface area contributed by atoms with Gasteiger partial charge in [0, 0.05) is 11.1 Å². The van der Waals surface area contributed by atoms with Crippen LogP contribution in [0.1, 0.15) is 48.6 Å². The van der Waals surface area contributed by atoms with Gasteiger partial charge < -0.3 is 5.32 Å². The van der Waals surface area contributed by atoms with E-state index in [1.54, 1.807) is 0 Å². The van der Waals surface area contributed by atoms with Gasteiger partial charge in [0.2, 0.25) is 5.82 Å². The van der Waals surface area contributed by atoms with Crippen LogP contribution in [0.25, 0.3) is 0 Å². The van der Waals surface area contributed by atoms with Gasteiger partial charge in [-0.2, -0.15) is 0 Å². The molecule has 2 aromatic rings. The Kier molecular flexibility index (Phi) is 3.83. The average molecular weight is 273 g/mol. The molecule has 0 aliphatic carbocycles. The molecule has 0 unspecified atom stereocenters. The van der Waals surface area contributed by atoms with Crippen molar-refractivity contribution in [3.05, 3.63) is 41.2 Å². The van der Waals surface area contributed by atoms with Gasteiger partial charge >= 0.3 is 0 Å². The number of amides is 1. The number of hydrogen-bond acceptors (Lipinski definition) is 4. The van der Waals surface area contributed by atoms with E-state index in [1.165, 1.54) is 0 Å². The minimum absolute atomic E-state index is 0.155. The predicted molar refractivity (Wildman–Crippen MR) is 75.2 cm³/mol. The summed E-state index contributed by atoms with van der Waals surface area (Å²) in [7, 11) is 0. The minimum Gasteiger partial charge on any atom is -0.344 e. The third-order valence-electron chi connectivity index (χ3n) is 2.77. The smallest absolute Gasteiger partial charge is 0.291 e. The molecule has 2 heterocycles. The molecule has 0 saturated carbocycles. The van der Waals surface area contributed by atoms with E-state index in [0.717, 1.165) is 11.4 Å². The van der Waals surface area contributed by atoms with Gasteiger partial charge in [-0.15, -0.1) is 5.10 Å². The Bertz CT molecular complexity index is 612. The zero-order valence-electron chi connectivity index (χ0n) is 12.2. The van der Waals surface area contributed by atoms with Gasteiger partial charge in [-0.05, 0) is 19.1 Å². The van der Waals surface area contributed by atoms with E-state index in [2.05, 4.69) is 25.5 Å². The molecule has 20 heavy (non-hydrogen) atoms. The summed E-state index contributed by atoms with van der Waals surface area (Å²) in [6.07, 6.45) is 0. The third kappa shape index (κ3) is 3.40. The fourth-order valence-corrected chi connectivity index (χ4v) is 1.65. The molecule has 0 spiro atoms. The monoisotopic (exact) mass is 273 g/mol. The summed E-state index contributed by atoms with van der Waals surface area (Å²) in [5.41, 5.74) is 1.57. The molecule has 0 radical (unpaired) electrons. The Morgan fingerprint density at radius 1 is 1.30 bits per heavy atom. The number of carbonyl (C=O) groups excluding carboxylic acids is 1. The largest absolute Gasteiger partial charge is 0.344 e. The first kappa shape index (κ1) is 14.2. The summed E-state index contributed by atoms with van der Waals surface area (Å²) in [5, 5.41) is 9.50. The zero-order chi connectivity index (χ0) is 14.8. The number of aromatic nitrogens is 4. The lowest BCUT2D eigenvalue weighted by molar-refractivity contribution is 0.0940. The average Bonchev–Trinajstić information content (AvgIpc) is 2.85. The molecular weight excluding hydrogens is 254 g/mol. The van der Waals surface area contributed by atoms with Gasteiger partial charge in [0.05, 0.1) is 12.2 Å². The van der Waals surface area contributed by atoms with Crippen molar-refractivity contribution in [3.63, 3.8) is 0 Å². The van der Waals surface area contributed by atoms with Crippen LogP contribution in [0, 0.1) is 6.92 Å². The number of rotatable bonds is 3. The van der Waals surface area contributed by atoms with Crippen molar-refractivity contribution in [2.24, 2.45) is 0 Å². The molecule has 1 amide bonds. The molecule has 6 heteroatoms. The van der Waals surface area contributed by atoms with Crippen molar-refractivity contribution in [2.75, 3.05) is 0 Å². The Morgan fingerprint density at radius 3 is 2.65 bits per heavy atom. The molecular formula is C14H19N5O. The molecule has 2 aromatic heterocycles. The summed E-state index contributed by atoms with van der Waals surface area (Å²) in [6, 6.07) is 5.69. The molecule has 0 aliphatic heterocycles. The number of hydrogen-bond donors (Lipinski definition) is 2. The van der Waals surface area contributed by atoms with Crippen LogP contribution in [0.4, 0.5) is 0 Å². The number of nitrogens with one attached hydrogen (secondary N) is 2. The van der Waals surface area contributed by atoms with Gasteiger partial charge in [0.1, 0.15) is 5.82 Å². The fourth-order valence-electron chi connectivity index (χ4n) is 1.65. The second-order valence-corrected chi connectivity index (χ2v) is 5.71. The first-order valence-corrected chi connectivity index (χ1v) is 6.50. The lowest BCUT2D eigenvalue weighted by Crippen LogP contribution is -2.24. The molecule has 0 saturated heterocycles. The summed E-state index contributed by atoms with van der Waals surface area (Å²) in [6.45, 7) is 8.29. The first-order valence-electron chi connectivity index (χ1n) is 6.50. The molecule has 0 atom stereocenters. The van der Waals surface area contributed by atoms with Crippen LogP contribution in [0.2, 0.25) is 0 Å². The molecule has 2 rings (SSSR count). The van der Waals surface area contributed by atoms with Crippen molar-refractivity contribution in [2.45, 2.75) is 39.7 Å². The predicted octanol–water partition coefficient (Wildman–Crippen LogP) is 1.74. The number of H-pyrrole nitrogens is 1. The fraction of sp³-hybridized carbons (Fsp3) is 0.429. The standard InChI is InChI=1S/C14H19N5O/c1-9-6-5-7-10(16-9)8-15-12(20)11-17-13(19-18-11)14(2,3)4/h5-7H,8H2,1-4H3,(H,15,20)(H,17,18,19). The van der Waals surface area contributed by atoms with Gasteiger partial charge in [0.15, 0.2) is 0 Å². The van der Waals surface area contributed by atoms with E-state index in [0.29, 0.717) is 12.4 Å². The van der Waals surface area contributed by atoms with Crippen molar-refractivity contribution in [1.82, 2.24) is 25.5 Å². The topological polar surface area (TPSA) is 83.6 Å². The summed E-state index contributed by atoms with van der Waals surface area (Å²) in [5.74, 6) is 0.541. The van der Waals surface area contributed by atoms with Gasteiger partial charge in [0.25, 0.3) is 5.91 Å². The highest BCUT2D eigenvalue weighted by Gasteiger charge is 2.21. The zero-order valence-corrected chi connectivity index (χ0v) is 12.2. The maximum absolute atomic E-state index is 12.0. The van der Waals surface area contributed by atoms with Crippen molar-refractivity contribution < 1.29 is 4.79 Å². The van der Waals surface area contributed by atoms with E-state index >= 15 is 0 Å². The first-order chi connectivity index (χ1) is 9.36. The van der Waals surface area contributed by atoms with E-state index in [1.807, 2.05) is 45.9 Å². The van der Waals surface area contributed by atoms with Gasteiger partial charge in [-0.3, -0.25) is 14.9 Å². The van der Waals surface area contributed by atoms with E-state index < -0.39 is 0 Å². The lowest BCUT2D eigenvalue weighted by atomic mass is 9.96. The quantitative estimate of drug-likeness (QED) is 0.892. The van der Waals surface area contributed by atoms with Crippen molar-refractivity contribution in [3.8, 4) is 0 Å². The molecule has 0 fully saturated rings. The normalized spacial score (nSPS) is 11.4. The van der Waals surface area contributed by atoms with Crippen LogP contribution in [0.5, 0.6) is 0 Å². The molecule has 0 bridgehead atoms. The van der Waals surface area contributed by atoms with Crippen LogP contribution >= 0.6 is 0 Å². The van der Waals surface area contributed by atoms with Crippen molar-refractivity contribution >= 4 is 5.91 Å².